The molecule has 1 aliphatic rings. The van der Waals surface area contributed by atoms with Crippen molar-refractivity contribution in [1.29, 1.82) is 0 Å². The fraction of sp³-hybridized carbons (Fsp3) is 0.538. The van der Waals surface area contributed by atoms with Gasteiger partial charge < -0.3 is 9.84 Å². The predicted octanol–water partition coefficient (Wildman–Crippen LogP) is 1.23. The number of rotatable bonds is 5. The minimum atomic E-state index is -3.49. The monoisotopic (exact) mass is 285 g/mol. The Morgan fingerprint density at radius 3 is 2.37 bits per heavy atom. The van der Waals surface area contributed by atoms with E-state index in [9.17, 15) is 13.5 Å². The summed E-state index contributed by atoms with van der Waals surface area (Å²) < 4.78 is 31.1. The molecule has 2 rings (SSSR count). The number of benzene rings is 1. The number of ether oxygens (including phenoxy) is 1. The van der Waals surface area contributed by atoms with E-state index in [1.165, 1.54) is 16.4 Å². The fourth-order valence-electron chi connectivity index (χ4n) is 1.96. The summed E-state index contributed by atoms with van der Waals surface area (Å²) >= 11 is 0. The Bertz CT molecular complexity index is 528. The molecule has 0 radical (unpaired) electrons. The normalized spacial score (nSPS) is 18.9. The SMILES string of the molecule is CCCOc1ccc(S(=O)(=O)N2CC(C)(O)C2)cc1. The second-order valence-corrected chi connectivity index (χ2v) is 7.03. The van der Waals surface area contributed by atoms with Crippen LogP contribution in [0.1, 0.15) is 20.3 Å². The number of hydrogen-bond donors (Lipinski definition) is 1. The third kappa shape index (κ3) is 3.08. The highest BCUT2D eigenvalue weighted by atomic mass is 32.2. The molecule has 1 aromatic carbocycles. The molecule has 19 heavy (non-hydrogen) atoms. The van der Waals surface area contributed by atoms with Crippen LogP contribution in [0.2, 0.25) is 0 Å². The van der Waals surface area contributed by atoms with Crippen LogP contribution >= 0.6 is 0 Å². The van der Waals surface area contributed by atoms with Gasteiger partial charge in [-0.25, -0.2) is 8.42 Å². The van der Waals surface area contributed by atoms with E-state index in [4.69, 9.17) is 4.74 Å². The van der Waals surface area contributed by atoms with E-state index in [-0.39, 0.29) is 18.0 Å². The first-order valence-electron chi connectivity index (χ1n) is 6.30. The molecule has 1 aromatic rings. The molecule has 106 valence electrons. The standard InChI is InChI=1S/C13H19NO4S/c1-3-8-18-11-4-6-12(7-5-11)19(16,17)14-9-13(2,15)10-14/h4-7,15H,3,8-10H2,1-2H3. The molecule has 0 bridgehead atoms. The summed E-state index contributed by atoms with van der Waals surface area (Å²) in [6.07, 6.45) is 0.906. The zero-order valence-electron chi connectivity index (χ0n) is 11.2. The maximum Gasteiger partial charge on any atom is 0.243 e. The van der Waals surface area contributed by atoms with E-state index in [1.54, 1.807) is 19.1 Å². The smallest absolute Gasteiger partial charge is 0.243 e. The van der Waals surface area contributed by atoms with Gasteiger partial charge in [0.2, 0.25) is 10.0 Å². The quantitative estimate of drug-likeness (QED) is 0.883. The number of hydrogen-bond acceptors (Lipinski definition) is 4. The highest BCUT2D eigenvalue weighted by Gasteiger charge is 2.43. The van der Waals surface area contributed by atoms with Gasteiger partial charge in [-0.3, -0.25) is 0 Å². The summed E-state index contributed by atoms with van der Waals surface area (Å²) in [5.74, 6) is 0.663. The van der Waals surface area contributed by atoms with Crippen LogP contribution in [0.25, 0.3) is 0 Å². The molecule has 5 nitrogen and oxygen atoms in total. The van der Waals surface area contributed by atoms with Gasteiger partial charge >= 0.3 is 0 Å². The van der Waals surface area contributed by atoms with E-state index in [0.717, 1.165) is 6.42 Å². The molecular formula is C13H19NO4S. The van der Waals surface area contributed by atoms with Gasteiger partial charge in [-0.2, -0.15) is 4.31 Å². The molecule has 1 fully saturated rings. The average Bonchev–Trinajstić information content (AvgIpc) is 2.34. The van der Waals surface area contributed by atoms with Crippen molar-refractivity contribution < 1.29 is 18.3 Å². The van der Waals surface area contributed by atoms with Crippen molar-refractivity contribution in [1.82, 2.24) is 4.31 Å². The molecule has 1 aliphatic heterocycles. The van der Waals surface area contributed by atoms with Crippen molar-refractivity contribution in [2.24, 2.45) is 0 Å². The Labute approximate surface area is 113 Å². The Kier molecular flexibility index (Phi) is 3.85. The molecule has 0 aromatic heterocycles. The van der Waals surface area contributed by atoms with Crippen LogP contribution in [0, 0.1) is 0 Å². The van der Waals surface area contributed by atoms with E-state index < -0.39 is 15.6 Å². The minimum Gasteiger partial charge on any atom is -0.494 e. The number of aliphatic hydroxyl groups is 1. The van der Waals surface area contributed by atoms with Gasteiger partial charge in [0.05, 0.1) is 17.1 Å². The number of β-amino-alcohol motifs (C(OH)–C–C–N with tert-alkyl or cyclic N) is 1. The van der Waals surface area contributed by atoms with Gasteiger partial charge in [0.25, 0.3) is 0 Å². The van der Waals surface area contributed by atoms with Crippen LogP contribution in [0.4, 0.5) is 0 Å². The topological polar surface area (TPSA) is 66.8 Å². The summed E-state index contributed by atoms with van der Waals surface area (Å²) in [5, 5.41) is 9.61. The van der Waals surface area contributed by atoms with E-state index >= 15 is 0 Å². The first kappa shape index (κ1) is 14.3. The molecule has 1 heterocycles. The minimum absolute atomic E-state index is 0.142. The molecule has 0 spiro atoms. The van der Waals surface area contributed by atoms with Crippen LogP contribution < -0.4 is 4.74 Å². The van der Waals surface area contributed by atoms with Gasteiger partial charge in [-0.05, 0) is 37.6 Å². The number of nitrogens with zero attached hydrogens (tertiary/aromatic N) is 1. The summed E-state index contributed by atoms with van der Waals surface area (Å²) in [7, 11) is -3.49. The Balaban J connectivity index is 2.09. The predicted molar refractivity (Wildman–Crippen MR) is 71.6 cm³/mol. The van der Waals surface area contributed by atoms with Crippen molar-refractivity contribution in [2.75, 3.05) is 19.7 Å². The Hall–Kier alpha value is -1.11. The lowest BCUT2D eigenvalue weighted by Crippen LogP contribution is -2.61. The zero-order chi connectivity index (χ0) is 14.1. The molecule has 0 aliphatic carbocycles. The maximum atomic E-state index is 12.2. The Morgan fingerprint density at radius 1 is 1.32 bits per heavy atom. The maximum absolute atomic E-state index is 12.2. The second kappa shape index (κ2) is 5.11. The van der Waals surface area contributed by atoms with E-state index in [1.807, 2.05) is 6.92 Å². The lowest BCUT2D eigenvalue weighted by Gasteiger charge is -2.42. The van der Waals surface area contributed by atoms with Gasteiger partial charge in [0, 0.05) is 13.1 Å². The lowest BCUT2D eigenvalue weighted by molar-refractivity contribution is -0.0426. The molecule has 0 saturated carbocycles. The van der Waals surface area contributed by atoms with Crippen molar-refractivity contribution in [3.8, 4) is 5.75 Å². The molecule has 6 heteroatoms. The van der Waals surface area contributed by atoms with E-state index in [2.05, 4.69) is 0 Å². The first-order chi connectivity index (χ1) is 8.85. The Morgan fingerprint density at radius 2 is 1.89 bits per heavy atom. The summed E-state index contributed by atoms with van der Waals surface area (Å²) in [6.45, 7) is 4.53. The van der Waals surface area contributed by atoms with Gasteiger partial charge in [-0.1, -0.05) is 6.92 Å². The summed E-state index contributed by atoms with van der Waals surface area (Å²) in [6, 6.07) is 6.38. The van der Waals surface area contributed by atoms with Crippen LogP contribution in [0.3, 0.4) is 0 Å². The zero-order valence-corrected chi connectivity index (χ0v) is 12.0. The molecule has 0 atom stereocenters. The molecule has 0 unspecified atom stereocenters. The first-order valence-corrected chi connectivity index (χ1v) is 7.74. The van der Waals surface area contributed by atoms with Crippen molar-refractivity contribution >= 4 is 10.0 Å². The summed E-state index contributed by atoms with van der Waals surface area (Å²) in [4.78, 5) is 0.229. The summed E-state index contributed by atoms with van der Waals surface area (Å²) in [5.41, 5.74) is -0.906. The molecule has 1 saturated heterocycles. The van der Waals surface area contributed by atoms with Crippen LogP contribution in [0.5, 0.6) is 5.75 Å². The number of sulfonamides is 1. The molecule has 1 N–H and O–H groups in total. The van der Waals surface area contributed by atoms with Gasteiger partial charge in [0.15, 0.2) is 0 Å². The van der Waals surface area contributed by atoms with Crippen LogP contribution in [-0.2, 0) is 10.0 Å². The largest absolute Gasteiger partial charge is 0.494 e. The lowest BCUT2D eigenvalue weighted by atomic mass is 10.0. The van der Waals surface area contributed by atoms with E-state index in [0.29, 0.717) is 12.4 Å². The van der Waals surface area contributed by atoms with Gasteiger partial charge in [0.1, 0.15) is 5.75 Å². The van der Waals surface area contributed by atoms with Gasteiger partial charge in [-0.15, -0.1) is 0 Å². The highest BCUT2D eigenvalue weighted by molar-refractivity contribution is 7.89. The highest BCUT2D eigenvalue weighted by Crippen LogP contribution is 2.28. The third-order valence-electron chi connectivity index (χ3n) is 2.97. The van der Waals surface area contributed by atoms with Crippen LogP contribution in [-0.4, -0.2) is 43.1 Å². The second-order valence-electron chi connectivity index (χ2n) is 5.09. The van der Waals surface area contributed by atoms with Crippen LogP contribution in [0.15, 0.2) is 29.2 Å². The molecule has 0 amide bonds. The van der Waals surface area contributed by atoms with Crippen molar-refractivity contribution in [3.63, 3.8) is 0 Å². The van der Waals surface area contributed by atoms with Crippen molar-refractivity contribution in [3.05, 3.63) is 24.3 Å². The van der Waals surface area contributed by atoms with Crippen molar-refractivity contribution in [2.45, 2.75) is 30.8 Å². The third-order valence-corrected chi connectivity index (χ3v) is 4.77. The molecular weight excluding hydrogens is 266 g/mol. The average molecular weight is 285 g/mol. The fourth-order valence-corrected chi connectivity index (χ4v) is 3.63.